The van der Waals surface area contributed by atoms with Gasteiger partial charge < -0.3 is 4.90 Å². The van der Waals surface area contributed by atoms with Crippen LogP contribution < -0.4 is 4.72 Å². The van der Waals surface area contributed by atoms with E-state index in [2.05, 4.69) is 4.72 Å². The number of nitrogens with one attached hydrogen (secondary N) is 1. The molecule has 1 amide bonds. The molecule has 5 nitrogen and oxygen atoms in total. The molecule has 1 aliphatic heterocycles. The fourth-order valence-corrected chi connectivity index (χ4v) is 4.94. The number of amides is 1. The molecule has 0 spiro atoms. The average molecular weight is 448 g/mol. The molecule has 1 saturated heterocycles. The zero-order chi connectivity index (χ0) is 19.6. The molecular weight excluding hydrogens is 431 g/mol. The van der Waals surface area contributed by atoms with Gasteiger partial charge in [-0.2, -0.15) is 0 Å². The lowest BCUT2D eigenvalue weighted by Gasteiger charge is -2.26. The molecule has 1 fully saturated rings. The Morgan fingerprint density at radius 2 is 1.48 bits per heavy atom. The smallest absolute Gasteiger partial charge is 0.263 e. The maximum absolute atomic E-state index is 12.6. The summed E-state index contributed by atoms with van der Waals surface area (Å²) in [5.74, 6) is -0.0448. The lowest BCUT2D eigenvalue weighted by molar-refractivity contribution is 0.0724. The third-order valence-corrected chi connectivity index (χ3v) is 6.86. The molecule has 0 radical (unpaired) electrons. The number of carbonyl (C=O) groups is 1. The molecule has 1 N–H and O–H groups in total. The topological polar surface area (TPSA) is 66.5 Å². The van der Waals surface area contributed by atoms with E-state index in [1.165, 1.54) is 12.1 Å². The average Bonchev–Trinajstić information content (AvgIpc) is 2.65. The van der Waals surface area contributed by atoms with E-state index in [1.54, 1.807) is 24.3 Å². The largest absolute Gasteiger partial charge is 0.339 e. The highest BCUT2D eigenvalue weighted by Gasteiger charge is 2.21. The summed E-state index contributed by atoms with van der Waals surface area (Å²) < 4.78 is 27.6. The molecule has 9 heteroatoms. The van der Waals surface area contributed by atoms with Crippen molar-refractivity contribution < 1.29 is 13.2 Å². The molecule has 0 bridgehead atoms. The first-order chi connectivity index (χ1) is 12.8. The van der Waals surface area contributed by atoms with Crippen molar-refractivity contribution >= 4 is 56.4 Å². The summed E-state index contributed by atoms with van der Waals surface area (Å²) in [6.45, 7) is 1.51. The van der Waals surface area contributed by atoms with E-state index >= 15 is 0 Å². The normalized spacial score (nSPS) is 14.9. The first kappa shape index (κ1) is 20.3. The van der Waals surface area contributed by atoms with Crippen LogP contribution in [0.1, 0.15) is 29.6 Å². The van der Waals surface area contributed by atoms with Crippen molar-refractivity contribution in [1.29, 1.82) is 0 Å². The van der Waals surface area contributed by atoms with Crippen LogP contribution in [0.3, 0.4) is 0 Å². The Labute approximate surface area is 173 Å². The van der Waals surface area contributed by atoms with E-state index in [4.69, 9.17) is 34.8 Å². The van der Waals surface area contributed by atoms with E-state index < -0.39 is 10.0 Å². The third-order valence-electron chi connectivity index (χ3n) is 4.29. The quantitative estimate of drug-likeness (QED) is 0.665. The summed E-state index contributed by atoms with van der Waals surface area (Å²) in [5.41, 5.74) is 0.833. The molecule has 0 atom stereocenters. The van der Waals surface area contributed by atoms with Crippen molar-refractivity contribution in [2.45, 2.75) is 24.2 Å². The van der Waals surface area contributed by atoms with Gasteiger partial charge >= 0.3 is 0 Å². The predicted octanol–water partition coefficient (Wildman–Crippen LogP) is 5.07. The van der Waals surface area contributed by atoms with Gasteiger partial charge in [-0.15, -0.1) is 0 Å². The fourth-order valence-electron chi connectivity index (χ4n) is 2.88. The van der Waals surface area contributed by atoms with Crippen molar-refractivity contribution in [3.05, 3.63) is 57.0 Å². The second kappa shape index (κ2) is 8.27. The fraction of sp³-hybridized carbons (Fsp3) is 0.278. The van der Waals surface area contributed by atoms with E-state index in [-0.39, 0.29) is 25.9 Å². The number of piperidine rings is 1. The van der Waals surface area contributed by atoms with E-state index in [9.17, 15) is 13.2 Å². The number of benzene rings is 2. The number of halogens is 3. The molecule has 2 aromatic carbocycles. The maximum atomic E-state index is 12.6. The number of hydrogen-bond acceptors (Lipinski definition) is 3. The van der Waals surface area contributed by atoms with Crippen LogP contribution in [0.2, 0.25) is 15.1 Å². The number of carbonyl (C=O) groups excluding carboxylic acids is 1. The SMILES string of the molecule is O=C(c1ccc(NS(=O)(=O)c2cc(Cl)c(Cl)cc2Cl)cc1)N1CCCCC1. The van der Waals surface area contributed by atoms with Crippen LogP contribution in [0.25, 0.3) is 0 Å². The molecule has 0 unspecified atom stereocenters. The Hall–Kier alpha value is -1.47. The standard InChI is InChI=1S/C18H17Cl3N2O3S/c19-14-10-16(21)17(11-15(14)20)27(25,26)22-13-6-4-12(5-7-13)18(24)23-8-2-1-3-9-23/h4-7,10-11,22H,1-3,8-9H2. The van der Waals surface area contributed by atoms with Crippen molar-refractivity contribution in [1.82, 2.24) is 4.90 Å². The van der Waals surface area contributed by atoms with Crippen LogP contribution in [0.5, 0.6) is 0 Å². The Balaban J connectivity index is 1.78. The van der Waals surface area contributed by atoms with Gasteiger partial charge in [0.2, 0.25) is 0 Å². The summed E-state index contributed by atoms with van der Waals surface area (Å²) in [6.07, 6.45) is 3.16. The number of anilines is 1. The first-order valence-electron chi connectivity index (χ1n) is 8.34. The molecule has 0 aromatic heterocycles. The third kappa shape index (κ3) is 4.69. The van der Waals surface area contributed by atoms with E-state index in [0.717, 1.165) is 32.4 Å². The Morgan fingerprint density at radius 3 is 2.11 bits per heavy atom. The molecule has 1 heterocycles. The molecule has 2 aromatic rings. The lowest BCUT2D eigenvalue weighted by atomic mass is 10.1. The Kier molecular flexibility index (Phi) is 6.21. The highest BCUT2D eigenvalue weighted by Crippen LogP contribution is 2.32. The van der Waals surface area contributed by atoms with Crippen LogP contribution in [0.15, 0.2) is 41.3 Å². The number of rotatable bonds is 4. The lowest BCUT2D eigenvalue weighted by Crippen LogP contribution is -2.35. The molecule has 27 heavy (non-hydrogen) atoms. The highest BCUT2D eigenvalue weighted by atomic mass is 35.5. The van der Waals surface area contributed by atoms with Crippen LogP contribution in [-0.4, -0.2) is 32.3 Å². The van der Waals surface area contributed by atoms with Crippen molar-refractivity contribution in [3.63, 3.8) is 0 Å². The van der Waals surface area contributed by atoms with Crippen LogP contribution >= 0.6 is 34.8 Å². The Bertz CT molecular complexity index is 957. The zero-order valence-electron chi connectivity index (χ0n) is 14.2. The molecule has 0 aliphatic carbocycles. The number of sulfonamides is 1. The summed E-state index contributed by atoms with van der Waals surface area (Å²) in [4.78, 5) is 14.1. The van der Waals surface area contributed by atoms with E-state index in [1.807, 2.05) is 4.90 Å². The van der Waals surface area contributed by atoms with E-state index in [0.29, 0.717) is 11.3 Å². The highest BCUT2D eigenvalue weighted by molar-refractivity contribution is 7.92. The van der Waals surface area contributed by atoms with Crippen molar-refractivity contribution in [2.75, 3.05) is 17.8 Å². The summed E-state index contributed by atoms with van der Waals surface area (Å²) in [7, 11) is -3.96. The molecular formula is C18H17Cl3N2O3S. The van der Waals surface area contributed by atoms with Gasteiger partial charge in [0, 0.05) is 24.3 Å². The minimum absolute atomic E-state index is 0.0335. The zero-order valence-corrected chi connectivity index (χ0v) is 17.3. The van der Waals surface area contributed by atoms with Crippen molar-refractivity contribution in [3.8, 4) is 0 Å². The maximum Gasteiger partial charge on any atom is 0.263 e. The van der Waals surface area contributed by atoms with Gasteiger partial charge in [-0.1, -0.05) is 34.8 Å². The van der Waals surface area contributed by atoms with Crippen LogP contribution in [0.4, 0.5) is 5.69 Å². The van der Waals surface area contributed by atoms with Gasteiger partial charge in [0.1, 0.15) is 4.90 Å². The molecule has 1 aliphatic rings. The monoisotopic (exact) mass is 446 g/mol. The van der Waals surface area contributed by atoms with Crippen LogP contribution in [-0.2, 0) is 10.0 Å². The summed E-state index contributed by atoms with van der Waals surface area (Å²) in [5, 5.41) is 0.221. The van der Waals surface area contributed by atoms with Gasteiger partial charge in [0.25, 0.3) is 15.9 Å². The number of hydrogen-bond donors (Lipinski definition) is 1. The van der Waals surface area contributed by atoms with Crippen molar-refractivity contribution in [2.24, 2.45) is 0 Å². The van der Waals surface area contributed by atoms with Gasteiger partial charge in [-0.05, 0) is 55.7 Å². The minimum Gasteiger partial charge on any atom is -0.339 e. The van der Waals surface area contributed by atoms with Gasteiger partial charge in [-0.25, -0.2) is 8.42 Å². The van der Waals surface area contributed by atoms with Gasteiger partial charge in [0.05, 0.1) is 15.1 Å². The van der Waals surface area contributed by atoms with Gasteiger partial charge in [-0.3, -0.25) is 9.52 Å². The predicted molar refractivity (Wildman–Crippen MR) is 108 cm³/mol. The molecule has 0 saturated carbocycles. The molecule has 144 valence electrons. The molecule has 3 rings (SSSR count). The van der Waals surface area contributed by atoms with Gasteiger partial charge in [0.15, 0.2) is 0 Å². The summed E-state index contributed by atoms with van der Waals surface area (Å²) >= 11 is 17.7. The van der Waals surface area contributed by atoms with Crippen LogP contribution in [0, 0.1) is 0 Å². The first-order valence-corrected chi connectivity index (χ1v) is 11.0. The second-order valence-electron chi connectivity index (χ2n) is 6.23. The second-order valence-corrected chi connectivity index (χ2v) is 9.10. The Morgan fingerprint density at radius 1 is 0.889 bits per heavy atom. The summed E-state index contributed by atoms with van der Waals surface area (Å²) in [6, 6.07) is 8.76. The number of likely N-dealkylation sites (tertiary alicyclic amines) is 1. The number of nitrogens with zero attached hydrogens (tertiary/aromatic N) is 1. The minimum atomic E-state index is -3.96.